The van der Waals surface area contributed by atoms with Crippen molar-refractivity contribution in [3.63, 3.8) is 0 Å². The lowest BCUT2D eigenvalue weighted by molar-refractivity contribution is 0.676. The largest absolute Gasteiger partial charge is 0.396 e. The number of rotatable bonds is 2. The van der Waals surface area contributed by atoms with Crippen LogP contribution in [0.4, 0.5) is 5.69 Å². The van der Waals surface area contributed by atoms with E-state index in [4.69, 9.17) is 5.73 Å². The van der Waals surface area contributed by atoms with Gasteiger partial charge in [0.2, 0.25) is 0 Å². The Morgan fingerprint density at radius 3 is 3.08 bits per heavy atom. The van der Waals surface area contributed by atoms with Crippen molar-refractivity contribution in [1.29, 1.82) is 0 Å². The van der Waals surface area contributed by atoms with Gasteiger partial charge in [-0.2, -0.15) is 5.10 Å². The van der Waals surface area contributed by atoms with Crippen LogP contribution in [-0.4, -0.2) is 14.8 Å². The lowest BCUT2D eigenvalue weighted by Gasteiger charge is -1.94. The third-order valence-electron chi connectivity index (χ3n) is 1.46. The van der Waals surface area contributed by atoms with E-state index in [1.807, 2.05) is 10.9 Å². The number of hydrogen-bond acceptors (Lipinski definition) is 4. The summed E-state index contributed by atoms with van der Waals surface area (Å²) in [5.74, 6) is 0. The summed E-state index contributed by atoms with van der Waals surface area (Å²) in [7, 11) is 0. The van der Waals surface area contributed by atoms with E-state index in [9.17, 15) is 0 Å². The SMILES string of the molecule is Nc1cnn(Cc2cscn2)c1. The molecule has 0 saturated heterocycles. The topological polar surface area (TPSA) is 56.7 Å². The Balaban J connectivity index is 2.14. The molecule has 12 heavy (non-hydrogen) atoms. The van der Waals surface area contributed by atoms with Crippen LogP contribution in [-0.2, 0) is 6.54 Å². The Bertz CT molecular complexity index is 351. The molecular formula is C7H8N4S. The molecule has 0 saturated carbocycles. The minimum atomic E-state index is 0.685. The van der Waals surface area contributed by atoms with Crippen molar-refractivity contribution in [2.24, 2.45) is 0 Å². The summed E-state index contributed by atoms with van der Waals surface area (Å²) in [6, 6.07) is 0. The van der Waals surface area contributed by atoms with Gasteiger partial charge in [0.25, 0.3) is 0 Å². The van der Waals surface area contributed by atoms with E-state index in [1.165, 1.54) is 0 Å². The van der Waals surface area contributed by atoms with Gasteiger partial charge in [0.15, 0.2) is 0 Å². The Morgan fingerprint density at radius 1 is 1.58 bits per heavy atom. The first-order chi connectivity index (χ1) is 5.84. The standard InChI is InChI=1S/C7H8N4S/c8-6-1-10-11(2-6)3-7-4-12-5-9-7/h1-2,4-5H,3,8H2. The molecule has 0 bridgehead atoms. The first-order valence-corrected chi connectivity index (χ1v) is 4.44. The molecule has 2 N–H and O–H groups in total. The van der Waals surface area contributed by atoms with Crippen LogP contribution in [0.5, 0.6) is 0 Å². The highest BCUT2D eigenvalue weighted by Crippen LogP contribution is 2.04. The maximum absolute atomic E-state index is 5.51. The molecule has 0 aromatic carbocycles. The number of hydrogen-bond donors (Lipinski definition) is 1. The number of nitrogens with two attached hydrogens (primary N) is 1. The summed E-state index contributed by atoms with van der Waals surface area (Å²) in [5.41, 5.74) is 9.02. The number of nitrogen functional groups attached to an aromatic ring is 1. The molecule has 2 aromatic heterocycles. The second-order valence-corrected chi connectivity index (χ2v) is 3.17. The van der Waals surface area contributed by atoms with Gasteiger partial charge in [-0.15, -0.1) is 11.3 Å². The van der Waals surface area contributed by atoms with Crippen LogP contribution in [0.25, 0.3) is 0 Å². The van der Waals surface area contributed by atoms with E-state index in [0.29, 0.717) is 12.2 Å². The lowest BCUT2D eigenvalue weighted by Crippen LogP contribution is -1.99. The molecule has 5 heteroatoms. The third kappa shape index (κ3) is 1.45. The molecule has 0 spiro atoms. The quantitative estimate of drug-likeness (QED) is 0.749. The van der Waals surface area contributed by atoms with Crippen LogP contribution in [0.1, 0.15) is 5.69 Å². The zero-order valence-corrected chi connectivity index (χ0v) is 7.16. The van der Waals surface area contributed by atoms with Gasteiger partial charge in [-0.05, 0) is 0 Å². The third-order valence-corrected chi connectivity index (χ3v) is 2.10. The second kappa shape index (κ2) is 2.94. The fourth-order valence-corrected chi connectivity index (χ4v) is 1.50. The summed E-state index contributed by atoms with van der Waals surface area (Å²) in [6.07, 6.45) is 3.42. The maximum atomic E-state index is 5.51. The molecule has 2 aromatic rings. The van der Waals surface area contributed by atoms with Gasteiger partial charge < -0.3 is 5.73 Å². The van der Waals surface area contributed by atoms with Crippen molar-refractivity contribution < 1.29 is 0 Å². The first kappa shape index (κ1) is 7.30. The number of aromatic nitrogens is 3. The summed E-state index contributed by atoms with van der Waals surface area (Å²) in [5, 5.41) is 6.04. The van der Waals surface area contributed by atoms with Gasteiger partial charge in [-0.25, -0.2) is 4.98 Å². The normalized spacial score (nSPS) is 10.3. The van der Waals surface area contributed by atoms with Crippen molar-refractivity contribution in [3.05, 3.63) is 29.0 Å². The number of nitrogens with zero attached hydrogens (tertiary/aromatic N) is 3. The molecule has 0 aliphatic rings. The molecule has 0 radical (unpaired) electrons. The summed E-state index contributed by atoms with van der Waals surface area (Å²) >= 11 is 1.58. The van der Waals surface area contributed by atoms with Crippen molar-refractivity contribution in [2.45, 2.75) is 6.54 Å². The molecule has 2 heterocycles. The first-order valence-electron chi connectivity index (χ1n) is 3.49. The smallest absolute Gasteiger partial charge is 0.0840 e. The minimum Gasteiger partial charge on any atom is -0.396 e. The molecule has 62 valence electrons. The zero-order chi connectivity index (χ0) is 8.39. The molecule has 0 aliphatic heterocycles. The van der Waals surface area contributed by atoms with Crippen molar-refractivity contribution in [2.75, 3.05) is 5.73 Å². The summed E-state index contributed by atoms with van der Waals surface area (Å²) in [4.78, 5) is 4.14. The van der Waals surface area contributed by atoms with Gasteiger partial charge in [0.1, 0.15) is 0 Å². The Morgan fingerprint density at radius 2 is 2.50 bits per heavy atom. The van der Waals surface area contributed by atoms with Gasteiger partial charge in [-0.3, -0.25) is 4.68 Å². The fourth-order valence-electron chi connectivity index (χ4n) is 0.948. The number of thiazole rings is 1. The van der Waals surface area contributed by atoms with E-state index in [0.717, 1.165) is 5.69 Å². The van der Waals surface area contributed by atoms with Crippen LogP contribution < -0.4 is 5.73 Å². The highest BCUT2D eigenvalue weighted by atomic mass is 32.1. The second-order valence-electron chi connectivity index (χ2n) is 2.45. The van der Waals surface area contributed by atoms with Crippen LogP contribution in [0.2, 0.25) is 0 Å². The Kier molecular flexibility index (Phi) is 1.79. The average Bonchev–Trinajstić information content (AvgIpc) is 2.63. The molecule has 0 atom stereocenters. The lowest BCUT2D eigenvalue weighted by atomic mass is 10.5. The molecular weight excluding hydrogens is 172 g/mol. The van der Waals surface area contributed by atoms with Crippen LogP contribution in [0.3, 0.4) is 0 Å². The van der Waals surface area contributed by atoms with E-state index in [2.05, 4.69) is 10.1 Å². The molecule has 0 unspecified atom stereocenters. The predicted octanol–water partition coefficient (Wildman–Crippen LogP) is 0.970. The van der Waals surface area contributed by atoms with Crippen LogP contribution >= 0.6 is 11.3 Å². The van der Waals surface area contributed by atoms with Gasteiger partial charge >= 0.3 is 0 Å². The summed E-state index contributed by atoms with van der Waals surface area (Å²) in [6.45, 7) is 0.695. The highest BCUT2D eigenvalue weighted by Gasteiger charge is 1.97. The van der Waals surface area contributed by atoms with Gasteiger partial charge in [-0.1, -0.05) is 0 Å². The van der Waals surface area contributed by atoms with Crippen LogP contribution in [0, 0.1) is 0 Å². The van der Waals surface area contributed by atoms with Crippen LogP contribution in [0.15, 0.2) is 23.3 Å². The van der Waals surface area contributed by atoms with Crippen molar-refractivity contribution in [3.8, 4) is 0 Å². The minimum absolute atomic E-state index is 0.685. The Labute approximate surface area is 73.7 Å². The van der Waals surface area contributed by atoms with Gasteiger partial charge in [0, 0.05) is 11.6 Å². The molecule has 0 fully saturated rings. The van der Waals surface area contributed by atoms with E-state index in [1.54, 1.807) is 28.4 Å². The van der Waals surface area contributed by atoms with E-state index in [-0.39, 0.29) is 0 Å². The number of anilines is 1. The van der Waals surface area contributed by atoms with Gasteiger partial charge in [0.05, 0.1) is 29.6 Å². The fraction of sp³-hybridized carbons (Fsp3) is 0.143. The van der Waals surface area contributed by atoms with E-state index >= 15 is 0 Å². The highest BCUT2D eigenvalue weighted by molar-refractivity contribution is 7.07. The molecule has 2 rings (SSSR count). The maximum Gasteiger partial charge on any atom is 0.0840 e. The van der Waals surface area contributed by atoms with E-state index < -0.39 is 0 Å². The molecule has 0 aliphatic carbocycles. The summed E-state index contributed by atoms with van der Waals surface area (Å²) < 4.78 is 1.77. The van der Waals surface area contributed by atoms with Crippen molar-refractivity contribution >= 4 is 17.0 Å². The van der Waals surface area contributed by atoms with Crippen molar-refractivity contribution in [1.82, 2.24) is 14.8 Å². The monoisotopic (exact) mass is 180 g/mol. The average molecular weight is 180 g/mol. The zero-order valence-electron chi connectivity index (χ0n) is 6.34. The molecule has 0 amide bonds. The Hall–Kier alpha value is -1.36. The molecule has 4 nitrogen and oxygen atoms in total. The predicted molar refractivity (Wildman–Crippen MR) is 47.9 cm³/mol.